The molecule has 1 aromatic rings. The molecular formula is C13H19BrN4S. The van der Waals surface area contributed by atoms with E-state index in [2.05, 4.69) is 47.5 Å². The zero-order valence-corrected chi connectivity index (χ0v) is 13.4. The highest BCUT2D eigenvalue weighted by Gasteiger charge is 2.25. The van der Waals surface area contributed by atoms with Crippen molar-refractivity contribution in [2.75, 3.05) is 42.6 Å². The number of nitrogens with zero attached hydrogens (tertiary/aromatic N) is 4. The second-order valence-corrected chi connectivity index (χ2v) is 7.16. The second kappa shape index (κ2) is 6.41. The smallest absolute Gasteiger partial charge is 0.225 e. The zero-order chi connectivity index (χ0) is 13.1. The lowest BCUT2D eigenvalue weighted by molar-refractivity contribution is 0.228. The van der Waals surface area contributed by atoms with Crippen LogP contribution in [0, 0.1) is 0 Å². The van der Waals surface area contributed by atoms with Gasteiger partial charge < -0.3 is 4.90 Å². The third-order valence-electron chi connectivity index (χ3n) is 3.84. The van der Waals surface area contributed by atoms with Crippen LogP contribution < -0.4 is 4.90 Å². The van der Waals surface area contributed by atoms with Crippen LogP contribution in [0.2, 0.25) is 0 Å². The van der Waals surface area contributed by atoms with Gasteiger partial charge in [0.05, 0.1) is 4.47 Å². The molecule has 0 amide bonds. The third-order valence-corrected chi connectivity index (χ3v) is 5.40. The Morgan fingerprint density at radius 2 is 2.00 bits per heavy atom. The molecule has 2 saturated heterocycles. The van der Waals surface area contributed by atoms with E-state index < -0.39 is 0 Å². The van der Waals surface area contributed by atoms with Gasteiger partial charge in [-0.1, -0.05) is 0 Å². The molecule has 0 bridgehead atoms. The molecule has 3 heterocycles. The molecule has 1 unspecified atom stereocenters. The lowest BCUT2D eigenvalue weighted by Gasteiger charge is -2.26. The van der Waals surface area contributed by atoms with E-state index in [0.717, 1.165) is 36.1 Å². The number of thioether (sulfide) groups is 1. The molecule has 6 heteroatoms. The lowest BCUT2D eigenvalue weighted by atomic mass is 10.2. The van der Waals surface area contributed by atoms with Crippen LogP contribution in [0.4, 0.5) is 5.95 Å². The first-order chi connectivity index (χ1) is 9.33. The number of halogens is 1. The second-order valence-electron chi connectivity index (χ2n) is 5.10. The topological polar surface area (TPSA) is 32.3 Å². The molecule has 0 aliphatic carbocycles. The molecule has 3 rings (SSSR count). The highest BCUT2D eigenvalue weighted by atomic mass is 79.9. The van der Waals surface area contributed by atoms with Gasteiger partial charge in [0.2, 0.25) is 5.95 Å². The van der Waals surface area contributed by atoms with Gasteiger partial charge in [0.1, 0.15) is 0 Å². The average Bonchev–Trinajstić information content (AvgIpc) is 2.85. The Morgan fingerprint density at radius 3 is 2.74 bits per heavy atom. The van der Waals surface area contributed by atoms with Crippen LogP contribution in [-0.4, -0.2) is 58.6 Å². The minimum atomic E-state index is 0.802. The van der Waals surface area contributed by atoms with Crippen LogP contribution in [0.3, 0.4) is 0 Å². The summed E-state index contributed by atoms with van der Waals surface area (Å²) in [6.07, 6.45) is 6.23. The average molecular weight is 343 g/mol. The van der Waals surface area contributed by atoms with Crippen molar-refractivity contribution in [3.63, 3.8) is 0 Å². The first-order valence-corrected chi connectivity index (χ1v) is 8.82. The summed E-state index contributed by atoms with van der Waals surface area (Å²) in [6, 6.07) is 0.802. The van der Waals surface area contributed by atoms with Crippen molar-refractivity contribution in [3.05, 3.63) is 16.9 Å². The molecule has 2 aliphatic rings. The van der Waals surface area contributed by atoms with Crippen LogP contribution in [0.15, 0.2) is 16.9 Å². The van der Waals surface area contributed by atoms with Gasteiger partial charge in [-0.25, -0.2) is 9.97 Å². The predicted molar refractivity (Wildman–Crippen MR) is 83.9 cm³/mol. The third kappa shape index (κ3) is 3.41. The summed E-state index contributed by atoms with van der Waals surface area (Å²) >= 11 is 5.48. The van der Waals surface area contributed by atoms with Gasteiger partial charge in [-0.15, -0.1) is 0 Å². The Hall–Kier alpha value is -0.330. The Bertz CT molecular complexity index is 408. The molecule has 0 spiro atoms. The number of anilines is 1. The fraction of sp³-hybridized carbons (Fsp3) is 0.692. The summed E-state index contributed by atoms with van der Waals surface area (Å²) in [7, 11) is 0. The van der Waals surface area contributed by atoms with E-state index in [4.69, 9.17) is 0 Å². The Kier molecular flexibility index (Phi) is 4.61. The summed E-state index contributed by atoms with van der Waals surface area (Å²) in [4.78, 5) is 13.8. The van der Waals surface area contributed by atoms with Gasteiger partial charge in [-0.05, 0) is 34.5 Å². The Balaban J connectivity index is 1.62. The van der Waals surface area contributed by atoms with Crippen molar-refractivity contribution in [3.8, 4) is 0 Å². The number of hydrogen-bond acceptors (Lipinski definition) is 5. The highest BCUT2D eigenvalue weighted by Crippen LogP contribution is 2.23. The monoisotopic (exact) mass is 342 g/mol. The Morgan fingerprint density at radius 1 is 1.16 bits per heavy atom. The fourth-order valence-corrected chi connectivity index (χ4v) is 4.24. The number of hydrogen-bond donors (Lipinski definition) is 0. The molecule has 19 heavy (non-hydrogen) atoms. The van der Waals surface area contributed by atoms with Gasteiger partial charge in [0.15, 0.2) is 0 Å². The molecule has 0 radical (unpaired) electrons. The maximum absolute atomic E-state index is 4.41. The lowest BCUT2D eigenvalue weighted by Crippen LogP contribution is -2.38. The summed E-state index contributed by atoms with van der Waals surface area (Å²) in [6.45, 7) is 4.48. The number of aromatic nitrogens is 2. The predicted octanol–water partition coefficient (Wildman–Crippen LogP) is 2.26. The molecule has 4 nitrogen and oxygen atoms in total. The van der Waals surface area contributed by atoms with Gasteiger partial charge >= 0.3 is 0 Å². The maximum atomic E-state index is 4.41. The maximum Gasteiger partial charge on any atom is 0.225 e. The molecule has 104 valence electrons. The molecule has 0 N–H and O–H groups in total. The van der Waals surface area contributed by atoms with Crippen LogP contribution >= 0.6 is 27.7 Å². The summed E-state index contributed by atoms with van der Waals surface area (Å²) < 4.78 is 0.940. The molecule has 0 aromatic carbocycles. The highest BCUT2D eigenvalue weighted by molar-refractivity contribution is 9.10. The SMILES string of the molecule is Brc1cnc(N2CCCN(C3CCSC3)CC2)nc1. The molecular weight excluding hydrogens is 324 g/mol. The van der Waals surface area contributed by atoms with E-state index in [9.17, 15) is 0 Å². The first kappa shape index (κ1) is 13.6. The van der Waals surface area contributed by atoms with Crippen LogP contribution in [0.25, 0.3) is 0 Å². The van der Waals surface area contributed by atoms with Crippen molar-refractivity contribution in [1.82, 2.24) is 14.9 Å². The van der Waals surface area contributed by atoms with E-state index in [-0.39, 0.29) is 0 Å². The molecule has 1 aromatic heterocycles. The van der Waals surface area contributed by atoms with Crippen molar-refractivity contribution in [1.29, 1.82) is 0 Å². The molecule has 1 atom stereocenters. The van der Waals surface area contributed by atoms with Gasteiger partial charge in [0, 0.05) is 50.4 Å². The minimum Gasteiger partial charge on any atom is -0.339 e. The van der Waals surface area contributed by atoms with Gasteiger partial charge in [0.25, 0.3) is 0 Å². The van der Waals surface area contributed by atoms with Crippen molar-refractivity contribution in [2.24, 2.45) is 0 Å². The molecule has 2 aliphatic heterocycles. The molecule has 0 saturated carbocycles. The van der Waals surface area contributed by atoms with Crippen LogP contribution in [-0.2, 0) is 0 Å². The van der Waals surface area contributed by atoms with Crippen molar-refractivity contribution in [2.45, 2.75) is 18.9 Å². The van der Waals surface area contributed by atoms with E-state index >= 15 is 0 Å². The van der Waals surface area contributed by atoms with Crippen LogP contribution in [0.1, 0.15) is 12.8 Å². The van der Waals surface area contributed by atoms with Crippen molar-refractivity contribution < 1.29 is 0 Å². The summed E-state index contributed by atoms with van der Waals surface area (Å²) in [5, 5.41) is 0. The largest absolute Gasteiger partial charge is 0.339 e. The van der Waals surface area contributed by atoms with Gasteiger partial charge in [-0.2, -0.15) is 11.8 Å². The normalized spacial score (nSPS) is 25.5. The standard InChI is InChI=1S/C13H19BrN4S/c14-11-8-15-13(16-9-11)18-4-1-3-17(5-6-18)12-2-7-19-10-12/h8-9,12H,1-7,10H2. The zero-order valence-electron chi connectivity index (χ0n) is 11.0. The number of rotatable bonds is 2. The molecule has 2 fully saturated rings. The Labute approximate surface area is 127 Å². The van der Waals surface area contributed by atoms with Crippen molar-refractivity contribution >= 4 is 33.6 Å². The minimum absolute atomic E-state index is 0.802. The summed E-state index contributed by atoms with van der Waals surface area (Å²) in [5.74, 6) is 3.51. The van der Waals surface area contributed by atoms with Gasteiger partial charge in [-0.3, -0.25) is 4.90 Å². The summed E-state index contributed by atoms with van der Waals surface area (Å²) in [5.41, 5.74) is 0. The van der Waals surface area contributed by atoms with Crippen LogP contribution in [0.5, 0.6) is 0 Å². The quantitative estimate of drug-likeness (QED) is 0.823. The van der Waals surface area contributed by atoms with E-state index in [1.807, 2.05) is 12.4 Å². The first-order valence-electron chi connectivity index (χ1n) is 6.87. The van der Waals surface area contributed by atoms with E-state index in [0.29, 0.717) is 0 Å². The fourth-order valence-electron chi connectivity index (χ4n) is 2.78. The van der Waals surface area contributed by atoms with E-state index in [1.54, 1.807) is 0 Å². The van der Waals surface area contributed by atoms with E-state index in [1.165, 1.54) is 30.9 Å².